The summed E-state index contributed by atoms with van der Waals surface area (Å²) in [5, 5.41) is 0. The summed E-state index contributed by atoms with van der Waals surface area (Å²) in [6.45, 7) is -1.04. The molecule has 6 atom stereocenters. The summed E-state index contributed by atoms with van der Waals surface area (Å²) in [7, 11) is 0. The van der Waals surface area contributed by atoms with Gasteiger partial charge in [-0.1, -0.05) is 12.2 Å². The van der Waals surface area contributed by atoms with E-state index in [0.29, 0.717) is 69.6 Å². The Morgan fingerprint density at radius 2 is 0.871 bits per heavy atom. The molecule has 0 aromatic heterocycles. The molecule has 15 fully saturated rings. The fourth-order valence-corrected chi connectivity index (χ4v) is 17.0. The number of alkyl halides is 8. The molecule has 12 saturated carbocycles. The van der Waals surface area contributed by atoms with Crippen LogP contribution in [0.4, 0.5) is 35.1 Å². The van der Waals surface area contributed by atoms with Crippen molar-refractivity contribution in [2.24, 2.45) is 70.0 Å². The molecule has 12 aliphatic carbocycles. The van der Waals surface area contributed by atoms with Crippen LogP contribution in [0.1, 0.15) is 109 Å². The molecule has 16 heteroatoms. The first kappa shape index (κ1) is 41.8. The van der Waals surface area contributed by atoms with Gasteiger partial charge in [-0.25, -0.2) is 0 Å². The van der Waals surface area contributed by atoms with Crippen molar-refractivity contribution in [2.75, 3.05) is 33.0 Å². The van der Waals surface area contributed by atoms with Gasteiger partial charge >= 0.3 is 29.7 Å². The molecule has 0 radical (unpaired) electrons. The third-order valence-corrected chi connectivity index (χ3v) is 19.3. The molecule has 8 nitrogen and oxygen atoms in total. The highest BCUT2D eigenvalue weighted by Gasteiger charge is 2.72. The van der Waals surface area contributed by atoms with E-state index in [4.69, 9.17) is 33.2 Å². The van der Waals surface area contributed by atoms with Crippen LogP contribution < -0.4 is 0 Å². The predicted octanol–water partition coefficient (Wildman–Crippen LogP) is 9.48. The molecular formula is C46H58F8O8. The molecule has 0 N–H and O–H groups in total. The van der Waals surface area contributed by atoms with E-state index >= 15 is 0 Å². The maximum absolute atomic E-state index is 14.5. The lowest BCUT2D eigenvalue weighted by Crippen LogP contribution is -2.65. The Hall–Kier alpha value is -1.59. The number of carbonyl (C=O) groups excluding carboxylic acids is 1. The number of esters is 1. The average molecular weight is 891 g/mol. The Morgan fingerprint density at radius 3 is 1.32 bits per heavy atom. The molecule has 15 aliphatic rings. The van der Waals surface area contributed by atoms with Gasteiger partial charge in [0.1, 0.15) is 39.1 Å². The molecule has 15 rings (SSSR count). The summed E-state index contributed by atoms with van der Waals surface area (Å²) in [5.41, 5.74) is -0.218. The van der Waals surface area contributed by atoms with Crippen LogP contribution in [-0.4, -0.2) is 92.3 Å². The number of carbonyl (C=O) groups is 1. The standard InChI is InChI=1S/C46H58F8O8/c1-24(38-13-27-9-31(15-38)44(32(10-27)16-38)57-20-40(47,48)41(49,50)21-58-44)2-3-35-36(62-46(61-35)29-5-25-4-26(7-29)8-30(46)6-25)19-56-37(55)39-14-28-11-33(17-39)45(34(12-28)18-39)59-22-42(51,52)43(53,54)23-60-45/h25-36H,1-23H2. The fourth-order valence-electron chi connectivity index (χ4n) is 17.0. The minimum absolute atomic E-state index is 0.0355. The van der Waals surface area contributed by atoms with E-state index in [1.54, 1.807) is 0 Å². The first-order valence-corrected chi connectivity index (χ1v) is 23.5. The molecule has 12 bridgehead atoms. The van der Waals surface area contributed by atoms with Gasteiger partial charge in [-0.2, -0.15) is 35.1 Å². The predicted molar refractivity (Wildman–Crippen MR) is 200 cm³/mol. The fraction of sp³-hybridized carbons (Fsp3) is 0.935. The third-order valence-electron chi connectivity index (χ3n) is 19.3. The Morgan fingerprint density at radius 1 is 0.484 bits per heavy atom. The van der Waals surface area contributed by atoms with Crippen LogP contribution in [-0.2, 0) is 38.0 Å². The van der Waals surface area contributed by atoms with Crippen molar-refractivity contribution in [2.45, 2.75) is 162 Å². The monoisotopic (exact) mass is 890 g/mol. The molecule has 0 amide bonds. The second kappa shape index (κ2) is 13.3. The molecule has 62 heavy (non-hydrogen) atoms. The van der Waals surface area contributed by atoms with Crippen LogP contribution in [0, 0.1) is 70.0 Å². The summed E-state index contributed by atoms with van der Waals surface area (Å²) >= 11 is 0. The zero-order valence-corrected chi connectivity index (χ0v) is 35.0. The molecule has 0 aromatic carbocycles. The molecule has 3 saturated heterocycles. The van der Waals surface area contributed by atoms with Gasteiger partial charge in [0.2, 0.25) is 0 Å². The van der Waals surface area contributed by atoms with E-state index in [1.165, 1.54) is 6.42 Å². The second-order valence-electron chi connectivity index (χ2n) is 22.7. The summed E-state index contributed by atoms with van der Waals surface area (Å²) in [6, 6.07) is 0. The van der Waals surface area contributed by atoms with Gasteiger partial charge in [-0.15, -0.1) is 0 Å². The van der Waals surface area contributed by atoms with E-state index in [9.17, 15) is 39.9 Å². The first-order valence-electron chi connectivity index (χ1n) is 23.5. The Kier molecular flexibility index (Phi) is 8.98. The Balaban J connectivity index is 0.753. The smallest absolute Gasteiger partial charge is 0.335 e. The molecule has 0 aromatic rings. The second-order valence-corrected chi connectivity index (χ2v) is 22.7. The number of hydrogen-bond donors (Lipinski definition) is 0. The Bertz CT molecular complexity index is 1660. The minimum Gasteiger partial charge on any atom is -0.462 e. The van der Waals surface area contributed by atoms with Gasteiger partial charge in [0.25, 0.3) is 0 Å². The zero-order chi connectivity index (χ0) is 43.1. The van der Waals surface area contributed by atoms with E-state index in [-0.39, 0.29) is 60.4 Å². The average Bonchev–Trinajstić information content (AvgIpc) is 3.49. The van der Waals surface area contributed by atoms with Crippen molar-refractivity contribution >= 4 is 5.97 Å². The highest BCUT2D eigenvalue weighted by atomic mass is 19.3. The quantitative estimate of drug-likeness (QED) is 0.142. The van der Waals surface area contributed by atoms with Gasteiger partial charge < -0.3 is 33.2 Å². The van der Waals surface area contributed by atoms with E-state index < -0.39 is 103 Å². The van der Waals surface area contributed by atoms with Crippen molar-refractivity contribution in [1.82, 2.24) is 0 Å². The molecule has 6 unspecified atom stereocenters. The minimum atomic E-state index is -4.37. The summed E-state index contributed by atoms with van der Waals surface area (Å²) in [6.07, 6.45) is 11.0. The van der Waals surface area contributed by atoms with Crippen molar-refractivity contribution in [3.05, 3.63) is 12.2 Å². The summed E-state index contributed by atoms with van der Waals surface area (Å²) in [4.78, 5) is 14.4. The highest BCUT2D eigenvalue weighted by Crippen LogP contribution is 2.70. The molecule has 3 heterocycles. The topological polar surface area (TPSA) is 81.7 Å². The largest absolute Gasteiger partial charge is 0.462 e. The third kappa shape index (κ3) is 5.79. The van der Waals surface area contributed by atoms with E-state index in [1.807, 2.05) is 0 Å². The number of hydrogen-bond acceptors (Lipinski definition) is 8. The SMILES string of the molecule is C=C(CCC1OC2(OC1COC(=O)C13CC4CC(C1)C1(OCC(F)(F)C(F)(F)CO1)C(C4)C3)C1CC3CC(C1)CC2C3)C12CC3CC(C1)C1(OCC(F)(F)C(F)(F)CO1)C(C3)C2. The lowest BCUT2D eigenvalue weighted by molar-refractivity contribution is -0.346. The van der Waals surface area contributed by atoms with Gasteiger partial charge in [0.15, 0.2) is 17.4 Å². The number of ether oxygens (including phenoxy) is 7. The lowest BCUT2D eigenvalue weighted by Gasteiger charge is -2.64. The first-order chi connectivity index (χ1) is 29.2. The summed E-state index contributed by atoms with van der Waals surface area (Å²) in [5.74, 6) is -21.1. The number of halogens is 8. The van der Waals surface area contributed by atoms with Crippen LogP contribution in [0.2, 0.25) is 0 Å². The van der Waals surface area contributed by atoms with Gasteiger partial charge in [0.05, 0.1) is 11.5 Å². The lowest BCUT2D eigenvalue weighted by atomic mass is 9.45. The molecule has 3 spiro atoms. The van der Waals surface area contributed by atoms with E-state index in [2.05, 4.69) is 6.58 Å². The van der Waals surface area contributed by atoms with Gasteiger partial charge in [-0.05, 0) is 138 Å². The number of allylic oxidation sites excluding steroid dienone is 1. The van der Waals surface area contributed by atoms with Crippen molar-refractivity contribution in [3.63, 3.8) is 0 Å². The number of rotatable bonds is 7. The van der Waals surface area contributed by atoms with Crippen molar-refractivity contribution < 1.29 is 73.1 Å². The Labute approximate surface area is 356 Å². The van der Waals surface area contributed by atoms with Crippen LogP contribution in [0.15, 0.2) is 12.2 Å². The molecule has 346 valence electrons. The summed E-state index contributed by atoms with van der Waals surface area (Å²) < 4.78 is 159. The highest BCUT2D eigenvalue weighted by molar-refractivity contribution is 5.77. The van der Waals surface area contributed by atoms with Crippen LogP contribution in [0.25, 0.3) is 0 Å². The van der Waals surface area contributed by atoms with Crippen molar-refractivity contribution in [3.8, 4) is 0 Å². The maximum atomic E-state index is 14.5. The zero-order valence-electron chi connectivity index (χ0n) is 35.0. The van der Waals surface area contributed by atoms with Gasteiger partial charge in [0, 0.05) is 35.5 Å². The molecular weight excluding hydrogens is 832 g/mol. The van der Waals surface area contributed by atoms with Crippen molar-refractivity contribution in [1.29, 1.82) is 0 Å². The molecule has 3 aliphatic heterocycles. The van der Waals surface area contributed by atoms with Gasteiger partial charge in [-0.3, -0.25) is 4.79 Å². The van der Waals surface area contributed by atoms with Crippen LogP contribution in [0.3, 0.4) is 0 Å². The van der Waals surface area contributed by atoms with E-state index in [0.717, 1.165) is 37.7 Å². The maximum Gasteiger partial charge on any atom is 0.335 e. The normalized spacial score (nSPS) is 50.9. The van der Waals surface area contributed by atoms with Crippen LogP contribution in [0.5, 0.6) is 0 Å². The van der Waals surface area contributed by atoms with Crippen LogP contribution >= 0.6 is 0 Å².